The number of hydrogen-bond donors (Lipinski definition) is 2. The van der Waals surface area contributed by atoms with Crippen molar-refractivity contribution in [2.75, 3.05) is 24.9 Å². The first-order valence-corrected chi connectivity index (χ1v) is 8.95. The van der Waals surface area contributed by atoms with Gasteiger partial charge in [0.25, 0.3) is 5.91 Å². The molecule has 1 heterocycles. The smallest absolute Gasteiger partial charge is 0.274 e. The predicted octanol–water partition coefficient (Wildman–Crippen LogP) is 4.62. The van der Waals surface area contributed by atoms with Gasteiger partial charge in [0.2, 0.25) is 0 Å². The fourth-order valence-electron chi connectivity index (χ4n) is 2.58. The summed E-state index contributed by atoms with van der Waals surface area (Å²) in [6, 6.07) is 16.2. The summed E-state index contributed by atoms with van der Waals surface area (Å²) >= 11 is 6.15. The lowest BCUT2D eigenvalue weighted by atomic mass is 10.2. The number of carbonyl (C=O) groups excluding carboxylic acids is 1. The Morgan fingerprint density at radius 2 is 1.75 bits per heavy atom. The fourth-order valence-corrected chi connectivity index (χ4v) is 2.78. The zero-order valence-corrected chi connectivity index (χ0v) is 16.3. The van der Waals surface area contributed by atoms with Gasteiger partial charge in [0.15, 0.2) is 11.5 Å². The maximum atomic E-state index is 12.4. The lowest BCUT2D eigenvalue weighted by Gasteiger charge is -2.11. The van der Waals surface area contributed by atoms with Crippen LogP contribution in [-0.2, 0) is 6.54 Å². The van der Waals surface area contributed by atoms with E-state index in [0.29, 0.717) is 34.4 Å². The summed E-state index contributed by atoms with van der Waals surface area (Å²) in [5, 5.41) is 6.73. The molecule has 0 bridgehead atoms. The number of benzene rings is 2. The van der Waals surface area contributed by atoms with Crippen molar-refractivity contribution in [2.45, 2.75) is 6.54 Å². The van der Waals surface area contributed by atoms with Crippen LogP contribution < -0.4 is 20.1 Å². The number of hydrogen-bond acceptors (Lipinski definition) is 5. The van der Waals surface area contributed by atoms with E-state index in [1.54, 1.807) is 50.7 Å². The monoisotopic (exact) mass is 397 g/mol. The molecule has 0 aliphatic carbocycles. The second-order valence-corrected chi connectivity index (χ2v) is 6.31. The normalized spacial score (nSPS) is 10.2. The quantitative estimate of drug-likeness (QED) is 0.608. The Labute approximate surface area is 168 Å². The van der Waals surface area contributed by atoms with Crippen LogP contribution in [0.5, 0.6) is 11.5 Å². The van der Waals surface area contributed by atoms with E-state index < -0.39 is 0 Å². The average molecular weight is 398 g/mol. The molecule has 144 valence electrons. The van der Waals surface area contributed by atoms with E-state index in [-0.39, 0.29) is 5.91 Å². The van der Waals surface area contributed by atoms with Crippen LogP contribution in [0.1, 0.15) is 16.1 Å². The highest BCUT2D eigenvalue weighted by molar-refractivity contribution is 6.31. The first kappa shape index (κ1) is 19.5. The van der Waals surface area contributed by atoms with Gasteiger partial charge in [-0.1, -0.05) is 29.8 Å². The summed E-state index contributed by atoms with van der Waals surface area (Å²) in [6.07, 6.45) is 1.61. The number of methoxy groups -OCH3 is 2. The van der Waals surface area contributed by atoms with Crippen LogP contribution in [0.4, 0.5) is 11.4 Å². The lowest BCUT2D eigenvalue weighted by molar-refractivity contribution is 0.102. The number of nitrogens with zero attached hydrogens (tertiary/aromatic N) is 1. The number of nitrogens with one attached hydrogen (secondary N) is 2. The summed E-state index contributed by atoms with van der Waals surface area (Å²) < 4.78 is 10.4. The van der Waals surface area contributed by atoms with Crippen LogP contribution >= 0.6 is 11.6 Å². The third kappa shape index (κ3) is 4.72. The molecule has 0 aliphatic heterocycles. The maximum absolute atomic E-state index is 12.4. The van der Waals surface area contributed by atoms with Gasteiger partial charge in [0, 0.05) is 23.3 Å². The molecule has 7 heteroatoms. The zero-order valence-electron chi connectivity index (χ0n) is 15.5. The summed E-state index contributed by atoms with van der Waals surface area (Å²) in [5.74, 6) is 0.810. The Kier molecular flexibility index (Phi) is 6.34. The fraction of sp³-hybridized carbons (Fsp3) is 0.143. The van der Waals surface area contributed by atoms with E-state index in [9.17, 15) is 4.79 Å². The van der Waals surface area contributed by atoms with E-state index in [4.69, 9.17) is 21.1 Å². The van der Waals surface area contributed by atoms with E-state index in [1.165, 1.54) is 0 Å². The first-order valence-electron chi connectivity index (χ1n) is 8.57. The van der Waals surface area contributed by atoms with Crippen molar-refractivity contribution in [1.82, 2.24) is 4.98 Å². The average Bonchev–Trinajstić information content (AvgIpc) is 2.73. The second kappa shape index (κ2) is 9.10. The van der Waals surface area contributed by atoms with Crippen LogP contribution in [0.15, 0.2) is 60.8 Å². The molecule has 3 aromatic rings. The number of ether oxygens (including phenoxy) is 2. The van der Waals surface area contributed by atoms with Gasteiger partial charge in [0.1, 0.15) is 5.69 Å². The van der Waals surface area contributed by atoms with Crippen molar-refractivity contribution < 1.29 is 14.3 Å². The summed E-state index contributed by atoms with van der Waals surface area (Å²) in [7, 11) is 3.10. The van der Waals surface area contributed by atoms with Crippen molar-refractivity contribution in [3.8, 4) is 11.5 Å². The van der Waals surface area contributed by atoms with Gasteiger partial charge in [-0.25, -0.2) is 4.98 Å². The molecule has 0 saturated carbocycles. The predicted molar refractivity (Wildman–Crippen MR) is 111 cm³/mol. The van der Waals surface area contributed by atoms with E-state index in [2.05, 4.69) is 15.6 Å². The Morgan fingerprint density at radius 1 is 1.00 bits per heavy atom. The summed E-state index contributed by atoms with van der Waals surface area (Å²) in [5.41, 5.74) is 2.67. The largest absolute Gasteiger partial charge is 0.493 e. The highest BCUT2D eigenvalue weighted by Gasteiger charge is 2.10. The molecule has 0 saturated heterocycles. The molecule has 0 radical (unpaired) electrons. The highest BCUT2D eigenvalue weighted by Crippen LogP contribution is 2.29. The SMILES string of the molecule is COc1ccc(NC(=O)c2ccc(NCc3ccccc3Cl)cn2)cc1OC. The lowest BCUT2D eigenvalue weighted by Crippen LogP contribution is -2.14. The maximum Gasteiger partial charge on any atom is 0.274 e. The molecule has 1 amide bonds. The van der Waals surface area contributed by atoms with Gasteiger partial charge in [0.05, 0.1) is 26.1 Å². The van der Waals surface area contributed by atoms with Crippen molar-refractivity contribution in [3.05, 3.63) is 77.1 Å². The molecule has 0 fully saturated rings. The Balaban J connectivity index is 1.63. The number of aromatic nitrogens is 1. The van der Waals surface area contributed by atoms with Gasteiger partial charge >= 0.3 is 0 Å². The van der Waals surface area contributed by atoms with E-state index in [1.807, 2.05) is 24.3 Å². The second-order valence-electron chi connectivity index (χ2n) is 5.90. The van der Waals surface area contributed by atoms with Crippen LogP contribution in [0.2, 0.25) is 5.02 Å². The molecule has 6 nitrogen and oxygen atoms in total. The van der Waals surface area contributed by atoms with Gasteiger partial charge in [-0.05, 0) is 35.9 Å². The number of rotatable bonds is 7. The Hall–Kier alpha value is -3.25. The van der Waals surface area contributed by atoms with E-state index in [0.717, 1.165) is 11.3 Å². The van der Waals surface area contributed by atoms with Crippen LogP contribution in [0.25, 0.3) is 0 Å². The molecule has 28 heavy (non-hydrogen) atoms. The number of amides is 1. The third-order valence-corrected chi connectivity index (χ3v) is 4.45. The molecule has 2 aromatic carbocycles. The number of carbonyl (C=O) groups is 1. The van der Waals surface area contributed by atoms with Gasteiger partial charge in [-0.15, -0.1) is 0 Å². The minimum absolute atomic E-state index is 0.304. The van der Waals surface area contributed by atoms with Gasteiger partial charge in [-0.3, -0.25) is 4.79 Å². The molecule has 0 aliphatic rings. The van der Waals surface area contributed by atoms with Crippen molar-refractivity contribution in [1.29, 1.82) is 0 Å². The van der Waals surface area contributed by atoms with Gasteiger partial charge < -0.3 is 20.1 Å². The topological polar surface area (TPSA) is 72.5 Å². The molecular formula is C21H20ClN3O3. The summed E-state index contributed by atoms with van der Waals surface area (Å²) in [6.45, 7) is 0.568. The summed E-state index contributed by atoms with van der Waals surface area (Å²) in [4.78, 5) is 16.6. The molecule has 0 spiro atoms. The van der Waals surface area contributed by atoms with Crippen LogP contribution in [-0.4, -0.2) is 25.1 Å². The highest BCUT2D eigenvalue weighted by atomic mass is 35.5. The minimum Gasteiger partial charge on any atom is -0.493 e. The Morgan fingerprint density at radius 3 is 2.43 bits per heavy atom. The van der Waals surface area contributed by atoms with E-state index >= 15 is 0 Å². The standard InChI is InChI=1S/C21H20ClN3O3/c1-27-19-10-8-15(11-20(19)28-2)25-21(26)18-9-7-16(13-24-18)23-12-14-5-3-4-6-17(14)22/h3-11,13,23H,12H2,1-2H3,(H,25,26). The molecule has 2 N–H and O–H groups in total. The van der Waals surface area contributed by atoms with Gasteiger partial charge in [-0.2, -0.15) is 0 Å². The number of halogens is 1. The van der Waals surface area contributed by atoms with Crippen molar-refractivity contribution >= 4 is 28.9 Å². The molecule has 3 rings (SSSR count). The first-order chi connectivity index (χ1) is 13.6. The molecular weight excluding hydrogens is 378 g/mol. The van der Waals surface area contributed by atoms with Crippen molar-refractivity contribution in [3.63, 3.8) is 0 Å². The van der Waals surface area contributed by atoms with Crippen LogP contribution in [0, 0.1) is 0 Å². The van der Waals surface area contributed by atoms with Crippen LogP contribution in [0.3, 0.4) is 0 Å². The number of anilines is 2. The van der Waals surface area contributed by atoms with Crippen molar-refractivity contribution in [2.24, 2.45) is 0 Å². The molecule has 0 unspecified atom stereocenters. The Bertz CT molecular complexity index is 961. The molecule has 1 aromatic heterocycles. The number of pyridine rings is 1. The third-order valence-electron chi connectivity index (χ3n) is 4.08. The minimum atomic E-state index is -0.315. The zero-order chi connectivity index (χ0) is 19.9. The molecule has 0 atom stereocenters.